The van der Waals surface area contributed by atoms with E-state index in [0.29, 0.717) is 12.8 Å². The zero-order chi connectivity index (χ0) is 15.6. The van der Waals surface area contributed by atoms with Crippen LogP contribution in [0.25, 0.3) is 0 Å². The fraction of sp³-hybridized carbons (Fsp3) is 0.533. The summed E-state index contributed by atoms with van der Waals surface area (Å²) >= 11 is 5.61. The number of alkyl halides is 3. The van der Waals surface area contributed by atoms with E-state index in [9.17, 15) is 22.4 Å². The average molecular weight is 323 g/mol. The summed E-state index contributed by atoms with van der Waals surface area (Å²) in [6.45, 7) is 0. The minimum absolute atomic E-state index is 0.0248. The molecule has 0 N–H and O–H groups in total. The number of hydrogen-bond acceptors (Lipinski definition) is 1. The Bertz CT molecular complexity index is 527. The Hall–Kier alpha value is -1.10. The van der Waals surface area contributed by atoms with Gasteiger partial charge in [0, 0.05) is 17.4 Å². The molecule has 0 aromatic heterocycles. The van der Waals surface area contributed by atoms with Crippen molar-refractivity contribution in [2.75, 3.05) is 0 Å². The Kier molecular flexibility index (Phi) is 4.91. The van der Waals surface area contributed by atoms with E-state index >= 15 is 0 Å². The van der Waals surface area contributed by atoms with Crippen molar-refractivity contribution >= 4 is 17.4 Å². The van der Waals surface area contributed by atoms with Gasteiger partial charge in [-0.1, -0.05) is 30.5 Å². The van der Waals surface area contributed by atoms with Crippen LogP contribution in [-0.2, 0) is 11.2 Å². The Morgan fingerprint density at radius 1 is 1.24 bits per heavy atom. The largest absolute Gasteiger partial charge is 0.392 e. The van der Waals surface area contributed by atoms with E-state index in [4.69, 9.17) is 11.6 Å². The number of rotatable bonds is 3. The molecule has 0 aliphatic heterocycles. The normalized spacial score (nSPS) is 23.1. The highest BCUT2D eigenvalue weighted by molar-refractivity contribution is 6.30. The van der Waals surface area contributed by atoms with E-state index in [1.807, 2.05) is 0 Å². The second-order valence-corrected chi connectivity index (χ2v) is 5.85. The topological polar surface area (TPSA) is 17.1 Å². The average Bonchev–Trinajstić information content (AvgIpc) is 2.41. The molecule has 0 bridgehead atoms. The highest BCUT2D eigenvalue weighted by Crippen LogP contribution is 2.42. The van der Waals surface area contributed by atoms with Crippen LogP contribution in [0.1, 0.15) is 31.2 Å². The lowest BCUT2D eigenvalue weighted by Crippen LogP contribution is -2.38. The van der Waals surface area contributed by atoms with E-state index in [1.165, 1.54) is 12.1 Å². The van der Waals surface area contributed by atoms with Crippen LogP contribution in [0, 0.1) is 17.7 Å². The maximum atomic E-state index is 13.7. The molecule has 2 atom stereocenters. The van der Waals surface area contributed by atoms with Gasteiger partial charge in [-0.2, -0.15) is 13.2 Å². The summed E-state index contributed by atoms with van der Waals surface area (Å²) < 4.78 is 52.6. The van der Waals surface area contributed by atoms with E-state index < -0.39 is 29.6 Å². The predicted octanol–water partition coefficient (Wildman–Crippen LogP) is 4.96. The second-order valence-electron chi connectivity index (χ2n) is 5.42. The van der Waals surface area contributed by atoms with Gasteiger partial charge in [0.15, 0.2) is 0 Å². The number of Topliss-reactive ketones (excluding diaryl/α,β-unsaturated/α-hetero) is 1. The van der Waals surface area contributed by atoms with E-state index in [-0.39, 0.29) is 29.8 Å². The Morgan fingerprint density at radius 2 is 1.90 bits per heavy atom. The van der Waals surface area contributed by atoms with Gasteiger partial charge in [-0.25, -0.2) is 4.39 Å². The van der Waals surface area contributed by atoms with Crippen LogP contribution in [0.15, 0.2) is 18.2 Å². The van der Waals surface area contributed by atoms with E-state index in [1.54, 1.807) is 0 Å². The molecule has 2 unspecified atom stereocenters. The summed E-state index contributed by atoms with van der Waals surface area (Å²) in [6.07, 6.45) is -3.42. The van der Waals surface area contributed by atoms with Crippen molar-refractivity contribution in [3.8, 4) is 0 Å². The Morgan fingerprint density at radius 3 is 2.52 bits per heavy atom. The van der Waals surface area contributed by atoms with Gasteiger partial charge in [0.25, 0.3) is 0 Å². The molecular weight excluding hydrogens is 308 g/mol. The maximum Gasteiger partial charge on any atom is 0.392 e. The fourth-order valence-corrected chi connectivity index (χ4v) is 3.05. The lowest BCUT2D eigenvalue weighted by molar-refractivity contribution is -0.197. The number of carbonyl (C=O) groups excluding carboxylic acids is 1. The van der Waals surface area contributed by atoms with Crippen molar-refractivity contribution in [2.45, 2.75) is 38.3 Å². The number of carbonyl (C=O) groups is 1. The standard InChI is InChI=1S/C15H15ClF4O/c16-10-6-5-9(13(17)8-10)7-14(21)11-3-1-2-4-12(11)15(18,19)20/h5-6,8,11-12H,1-4,7H2. The van der Waals surface area contributed by atoms with Gasteiger partial charge >= 0.3 is 6.18 Å². The van der Waals surface area contributed by atoms with Gasteiger partial charge in [-0.15, -0.1) is 0 Å². The van der Waals surface area contributed by atoms with Gasteiger partial charge in [-0.3, -0.25) is 4.79 Å². The zero-order valence-corrected chi connectivity index (χ0v) is 12.0. The molecule has 2 rings (SSSR count). The first-order valence-corrected chi connectivity index (χ1v) is 7.20. The van der Waals surface area contributed by atoms with Crippen LogP contribution in [0.3, 0.4) is 0 Å². The summed E-state index contributed by atoms with van der Waals surface area (Å²) in [5.74, 6) is -3.86. The number of hydrogen-bond donors (Lipinski definition) is 0. The van der Waals surface area contributed by atoms with Gasteiger partial charge in [0.1, 0.15) is 11.6 Å². The lowest BCUT2D eigenvalue weighted by atomic mass is 9.75. The SMILES string of the molecule is O=C(Cc1ccc(Cl)cc1F)C1CCCCC1C(F)(F)F. The van der Waals surface area contributed by atoms with Crippen LogP contribution in [0.2, 0.25) is 5.02 Å². The number of ketones is 1. The highest BCUT2D eigenvalue weighted by atomic mass is 35.5. The first kappa shape index (κ1) is 16.3. The molecule has 116 valence electrons. The molecule has 1 fully saturated rings. The minimum Gasteiger partial charge on any atom is -0.299 e. The van der Waals surface area contributed by atoms with Gasteiger partial charge < -0.3 is 0 Å². The molecule has 0 spiro atoms. The monoisotopic (exact) mass is 322 g/mol. The van der Waals surface area contributed by atoms with Crippen molar-refractivity contribution in [2.24, 2.45) is 11.8 Å². The molecule has 1 aromatic rings. The van der Waals surface area contributed by atoms with Crippen molar-refractivity contribution in [3.05, 3.63) is 34.6 Å². The van der Waals surface area contributed by atoms with Crippen LogP contribution >= 0.6 is 11.6 Å². The second kappa shape index (κ2) is 6.34. The molecule has 0 radical (unpaired) electrons. The molecule has 1 aliphatic rings. The molecule has 1 nitrogen and oxygen atoms in total. The molecule has 6 heteroatoms. The quantitative estimate of drug-likeness (QED) is 0.719. The van der Waals surface area contributed by atoms with Crippen molar-refractivity contribution < 1.29 is 22.4 Å². The first-order chi connectivity index (χ1) is 9.79. The van der Waals surface area contributed by atoms with Gasteiger partial charge in [-0.05, 0) is 30.5 Å². The molecule has 0 saturated heterocycles. The Labute approximate surface area is 125 Å². The summed E-state index contributed by atoms with van der Waals surface area (Å²) in [7, 11) is 0. The summed E-state index contributed by atoms with van der Waals surface area (Å²) in [5, 5.41) is 0.189. The predicted molar refractivity (Wildman–Crippen MR) is 71.6 cm³/mol. The zero-order valence-electron chi connectivity index (χ0n) is 11.2. The molecule has 0 amide bonds. The lowest BCUT2D eigenvalue weighted by Gasteiger charge is -2.32. The van der Waals surface area contributed by atoms with Crippen molar-refractivity contribution in [3.63, 3.8) is 0 Å². The third kappa shape index (κ3) is 3.96. The molecule has 1 aromatic carbocycles. The molecule has 1 saturated carbocycles. The third-order valence-corrected chi connectivity index (χ3v) is 4.21. The molecule has 1 aliphatic carbocycles. The van der Waals surface area contributed by atoms with E-state index in [2.05, 4.69) is 0 Å². The molecular formula is C15H15ClF4O. The summed E-state index contributed by atoms with van der Waals surface area (Å²) in [6, 6.07) is 3.84. The summed E-state index contributed by atoms with van der Waals surface area (Å²) in [5.41, 5.74) is 0.0934. The minimum atomic E-state index is -4.38. The molecule has 0 heterocycles. The number of halogens is 5. The van der Waals surface area contributed by atoms with Crippen molar-refractivity contribution in [1.29, 1.82) is 0 Å². The van der Waals surface area contributed by atoms with Crippen LogP contribution < -0.4 is 0 Å². The van der Waals surface area contributed by atoms with Crippen LogP contribution in [0.5, 0.6) is 0 Å². The smallest absolute Gasteiger partial charge is 0.299 e. The third-order valence-electron chi connectivity index (χ3n) is 3.98. The summed E-state index contributed by atoms with van der Waals surface area (Å²) in [4.78, 5) is 12.2. The van der Waals surface area contributed by atoms with Crippen LogP contribution in [-0.4, -0.2) is 12.0 Å². The van der Waals surface area contributed by atoms with Gasteiger partial charge in [0.05, 0.1) is 5.92 Å². The number of benzene rings is 1. The van der Waals surface area contributed by atoms with E-state index in [0.717, 1.165) is 6.07 Å². The Balaban J connectivity index is 2.14. The highest BCUT2D eigenvalue weighted by Gasteiger charge is 2.47. The van der Waals surface area contributed by atoms with Gasteiger partial charge in [0.2, 0.25) is 0 Å². The first-order valence-electron chi connectivity index (χ1n) is 6.82. The fourth-order valence-electron chi connectivity index (χ4n) is 2.89. The van der Waals surface area contributed by atoms with Crippen LogP contribution in [0.4, 0.5) is 17.6 Å². The van der Waals surface area contributed by atoms with Crippen molar-refractivity contribution in [1.82, 2.24) is 0 Å². The molecule has 21 heavy (non-hydrogen) atoms. The maximum absolute atomic E-state index is 13.7.